The van der Waals surface area contributed by atoms with Gasteiger partial charge in [-0.1, -0.05) is 54.6 Å². The fourth-order valence-corrected chi connectivity index (χ4v) is 3.25. The fraction of sp³-hybridized carbons (Fsp3) is 0.200. The Bertz CT molecular complexity index is 1060. The molecule has 0 aliphatic heterocycles. The van der Waals surface area contributed by atoms with E-state index >= 15 is 0 Å². The summed E-state index contributed by atoms with van der Waals surface area (Å²) in [6.07, 6.45) is 0.365. The number of methoxy groups -OCH3 is 1. The van der Waals surface area contributed by atoms with Crippen molar-refractivity contribution in [2.24, 2.45) is 0 Å². The van der Waals surface area contributed by atoms with Gasteiger partial charge in [-0.2, -0.15) is 8.78 Å². The SMILES string of the molecule is COc1ccc(CCNC(=O)C(NC(=O)c2ccccc2)c2ccccc2)cc1OC(F)F. The number of benzene rings is 3. The summed E-state index contributed by atoms with van der Waals surface area (Å²) in [5.41, 5.74) is 1.75. The maximum Gasteiger partial charge on any atom is 0.387 e. The second-order valence-corrected chi connectivity index (χ2v) is 7.09. The van der Waals surface area contributed by atoms with E-state index in [0.717, 1.165) is 0 Å². The van der Waals surface area contributed by atoms with Crippen LogP contribution in [-0.2, 0) is 11.2 Å². The highest BCUT2D eigenvalue weighted by atomic mass is 19.3. The van der Waals surface area contributed by atoms with Crippen molar-refractivity contribution in [3.8, 4) is 11.5 Å². The summed E-state index contributed by atoms with van der Waals surface area (Å²) in [6.45, 7) is -2.75. The van der Waals surface area contributed by atoms with Crippen LogP contribution in [0.15, 0.2) is 78.9 Å². The summed E-state index contributed by atoms with van der Waals surface area (Å²) in [5, 5.41) is 5.57. The summed E-state index contributed by atoms with van der Waals surface area (Å²) >= 11 is 0. The molecule has 8 heteroatoms. The Morgan fingerprint density at radius 3 is 2.21 bits per heavy atom. The average Bonchev–Trinajstić information content (AvgIpc) is 2.83. The molecule has 33 heavy (non-hydrogen) atoms. The van der Waals surface area contributed by atoms with Crippen molar-refractivity contribution in [2.45, 2.75) is 19.1 Å². The third-order valence-corrected chi connectivity index (χ3v) is 4.86. The Morgan fingerprint density at radius 1 is 0.909 bits per heavy atom. The Kier molecular flexibility index (Phi) is 8.35. The van der Waals surface area contributed by atoms with Gasteiger partial charge in [-0.15, -0.1) is 0 Å². The molecule has 0 aliphatic carbocycles. The molecule has 3 aromatic rings. The number of carbonyl (C=O) groups is 2. The highest BCUT2D eigenvalue weighted by Gasteiger charge is 2.23. The Morgan fingerprint density at radius 2 is 1.58 bits per heavy atom. The first-order chi connectivity index (χ1) is 16.0. The van der Waals surface area contributed by atoms with Crippen molar-refractivity contribution in [3.63, 3.8) is 0 Å². The fourth-order valence-electron chi connectivity index (χ4n) is 3.25. The van der Waals surface area contributed by atoms with E-state index < -0.39 is 12.7 Å². The van der Waals surface area contributed by atoms with Gasteiger partial charge in [0.1, 0.15) is 6.04 Å². The molecule has 0 saturated carbocycles. The molecule has 0 bridgehead atoms. The lowest BCUT2D eigenvalue weighted by Crippen LogP contribution is -2.41. The summed E-state index contributed by atoms with van der Waals surface area (Å²) in [6, 6.07) is 21.3. The van der Waals surface area contributed by atoms with Crippen LogP contribution in [0.2, 0.25) is 0 Å². The van der Waals surface area contributed by atoms with Crippen LogP contribution in [0.3, 0.4) is 0 Å². The quantitative estimate of drug-likeness (QED) is 0.483. The van der Waals surface area contributed by atoms with Crippen LogP contribution in [0.25, 0.3) is 0 Å². The molecule has 0 saturated heterocycles. The van der Waals surface area contributed by atoms with E-state index in [-0.39, 0.29) is 29.9 Å². The smallest absolute Gasteiger partial charge is 0.387 e. The Balaban J connectivity index is 1.67. The molecule has 0 heterocycles. The van der Waals surface area contributed by atoms with E-state index in [4.69, 9.17) is 4.74 Å². The predicted molar refractivity (Wildman–Crippen MR) is 119 cm³/mol. The first kappa shape index (κ1) is 23.7. The summed E-state index contributed by atoms with van der Waals surface area (Å²) < 4.78 is 34.8. The molecule has 3 rings (SSSR count). The van der Waals surface area contributed by atoms with E-state index in [1.165, 1.54) is 19.2 Å². The van der Waals surface area contributed by atoms with E-state index in [0.29, 0.717) is 23.1 Å². The van der Waals surface area contributed by atoms with E-state index in [9.17, 15) is 18.4 Å². The van der Waals surface area contributed by atoms with Crippen LogP contribution in [0, 0.1) is 0 Å². The van der Waals surface area contributed by atoms with Gasteiger partial charge in [0.2, 0.25) is 5.91 Å². The number of halogens is 2. The summed E-state index contributed by atoms with van der Waals surface area (Å²) in [7, 11) is 1.36. The number of alkyl halides is 2. The molecule has 1 unspecified atom stereocenters. The molecular weight excluding hydrogens is 430 g/mol. The number of amides is 2. The van der Waals surface area contributed by atoms with E-state index in [1.807, 2.05) is 6.07 Å². The molecule has 0 fully saturated rings. The number of hydrogen-bond acceptors (Lipinski definition) is 4. The topological polar surface area (TPSA) is 76.7 Å². The number of rotatable bonds is 10. The molecule has 0 spiro atoms. The monoisotopic (exact) mass is 454 g/mol. The van der Waals surface area contributed by atoms with Gasteiger partial charge < -0.3 is 20.1 Å². The summed E-state index contributed by atoms with van der Waals surface area (Å²) in [5.74, 6) is -0.643. The first-order valence-corrected chi connectivity index (χ1v) is 10.3. The molecular formula is C25H24F2N2O4. The zero-order chi connectivity index (χ0) is 23.6. The van der Waals surface area contributed by atoms with E-state index in [2.05, 4.69) is 15.4 Å². The van der Waals surface area contributed by atoms with Crippen LogP contribution in [0.1, 0.15) is 27.5 Å². The molecule has 0 aliphatic rings. The van der Waals surface area contributed by atoms with E-state index in [1.54, 1.807) is 60.7 Å². The number of ether oxygens (including phenoxy) is 2. The standard InChI is InChI=1S/C25H24F2N2O4/c1-32-20-13-12-17(16-21(20)33-25(26)27)14-15-28-24(31)22(18-8-4-2-5-9-18)29-23(30)19-10-6-3-7-11-19/h2-13,16,22,25H,14-15H2,1H3,(H,28,31)(H,29,30). The number of carbonyl (C=O) groups excluding carboxylic acids is 2. The van der Waals surface area contributed by atoms with Crippen molar-refractivity contribution in [3.05, 3.63) is 95.6 Å². The van der Waals surface area contributed by atoms with Crippen LogP contribution in [-0.4, -0.2) is 32.1 Å². The van der Waals surface area contributed by atoms with Crippen molar-refractivity contribution >= 4 is 11.8 Å². The highest BCUT2D eigenvalue weighted by Crippen LogP contribution is 2.29. The predicted octanol–water partition coefficient (Wildman–Crippen LogP) is 4.13. The van der Waals surface area contributed by atoms with Crippen LogP contribution >= 0.6 is 0 Å². The first-order valence-electron chi connectivity index (χ1n) is 10.3. The maximum atomic E-state index is 12.9. The Labute approximate surface area is 190 Å². The van der Waals surface area contributed by atoms with Crippen molar-refractivity contribution < 1.29 is 27.8 Å². The van der Waals surface area contributed by atoms with Crippen molar-refractivity contribution in [2.75, 3.05) is 13.7 Å². The van der Waals surface area contributed by atoms with Crippen LogP contribution in [0.4, 0.5) is 8.78 Å². The third-order valence-electron chi connectivity index (χ3n) is 4.86. The van der Waals surface area contributed by atoms with Gasteiger partial charge in [0.05, 0.1) is 7.11 Å². The third kappa shape index (κ3) is 6.77. The van der Waals surface area contributed by atoms with Gasteiger partial charge >= 0.3 is 6.61 Å². The second-order valence-electron chi connectivity index (χ2n) is 7.09. The molecule has 0 radical (unpaired) electrons. The lowest BCUT2D eigenvalue weighted by molar-refractivity contribution is -0.123. The normalized spacial score (nSPS) is 11.5. The average molecular weight is 454 g/mol. The minimum absolute atomic E-state index is 0.0754. The van der Waals surface area contributed by atoms with Gasteiger partial charge in [-0.25, -0.2) is 0 Å². The summed E-state index contributed by atoms with van der Waals surface area (Å²) in [4.78, 5) is 25.6. The van der Waals surface area contributed by atoms with Crippen molar-refractivity contribution in [1.82, 2.24) is 10.6 Å². The van der Waals surface area contributed by atoms with Crippen molar-refractivity contribution in [1.29, 1.82) is 0 Å². The van der Waals surface area contributed by atoms with Gasteiger partial charge in [0, 0.05) is 12.1 Å². The minimum atomic E-state index is -2.98. The lowest BCUT2D eigenvalue weighted by atomic mass is 10.0. The van der Waals surface area contributed by atoms with Gasteiger partial charge in [0.15, 0.2) is 11.5 Å². The molecule has 2 N–H and O–H groups in total. The second kappa shape index (κ2) is 11.6. The van der Waals surface area contributed by atoms with Gasteiger partial charge in [-0.3, -0.25) is 9.59 Å². The highest BCUT2D eigenvalue weighted by molar-refractivity contribution is 5.97. The van der Waals surface area contributed by atoms with Gasteiger partial charge in [-0.05, 0) is 41.8 Å². The molecule has 0 aromatic heterocycles. The lowest BCUT2D eigenvalue weighted by Gasteiger charge is -2.19. The minimum Gasteiger partial charge on any atom is -0.493 e. The zero-order valence-electron chi connectivity index (χ0n) is 18.0. The molecule has 1 atom stereocenters. The molecule has 172 valence electrons. The van der Waals surface area contributed by atoms with Crippen LogP contribution in [0.5, 0.6) is 11.5 Å². The molecule has 3 aromatic carbocycles. The largest absolute Gasteiger partial charge is 0.493 e. The molecule has 2 amide bonds. The van der Waals surface area contributed by atoms with Gasteiger partial charge in [0.25, 0.3) is 5.91 Å². The zero-order valence-corrected chi connectivity index (χ0v) is 18.0. The Hall–Kier alpha value is -3.94. The van der Waals surface area contributed by atoms with Crippen LogP contribution < -0.4 is 20.1 Å². The molecule has 6 nitrogen and oxygen atoms in total. The number of nitrogens with one attached hydrogen (secondary N) is 2. The maximum absolute atomic E-state index is 12.9. The number of hydrogen-bond donors (Lipinski definition) is 2.